The van der Waals surface area contributed by atoms with Crippen LogP contribution in [0.2, 0.25) is 0 Å². The number of ether oxygens (including phenoxy) is 1. The number of methoxy groups -OCH3 is 1. The van der Waals surface area contributed by atoms with Crippen LogP contribution in [-0.2, 0) is 0 Å². The number of nitrogens with one attached hydrogen (secondary N) is 1. The molecule has 3 aromatic heterocycles. The van der Waals surface area contributed by atoms with E-state index in [0.717, 1.165) is 16.8 Å². The quantitative estimate of drug-likeness (QED) is 0.214. The highest BCUT2D eigenvalue weighted by atomic mass is 16.5. The van der Waals surface area contributed by atoms with Crippen molar-refractivity contribution in [1.82, 2.24) is 14.1 Å². The molecule has 224 valence electrons. The second-order valence-electron chi connectivity index (χ2n) is 11.8. The summed E-state index contributed by atoms with van der Waals surface area (Å²) in [5.41, 5.74) is 9.54. The van der Waals surface area contributed by atoms with Gasteiger partial charge >= 0.3 is 0 Å². The molecule has 47 heavy (non-hydrogen) atoms. The third kappa shape index (κ3) is 4.38. The summed E-state index contributed by atoms with van der Waals surface area (Å²) in [7, 11) is 1.66. The highest BCUT2D eigenvalue weighted by molar-refractivity contribution is 6.13. The lowest BCUT2D eigenvalue weighted by Gasteiger charge is -2.09. The van der Waals surface area contributed by atoms with Crippen LogP contribution in [-0.4, -0.2) is 21.2 Å². The van der Waals surface area contributed by atoms with E-state index in [1.165, 1.54) is 65.8 Å². The molecule has 0 aliphatic rings. The normalized spacial score (nSPS) is 11.5. The van der Waals surface area contributed by atoms with Gasteiger partial charge in [0.15, 0.2) is 0 Å². The zero-order valence-corrected chi connectivity index (χ0v) is 25.9. The number of H-pyrrole nitrogens is 1. The van der Waals surface area contributed by atoms with Crippen molar-refractivity contribution in [3.05, 3.63) is 164 Å². The van der Waals surface area contributed by atoms with Crippen LogP contribution >= 0.6 is 0 Å². The van der Waals surface area contributed by atoms with Crippen LogP contribution in [0.1, 0.15) is 0 Å². The van der Waals surface area contributed by atoms with E-state index >= 15 is 0 Å². The van der Waals surface area contributed by atoms with E-state index in [9.17, 15) is 0 Å². The van der Waals surface area contributed by atoms with Gasteiger partial charge in [-0.05, 0) is 72.8 Å². The van der Waals surface area contributed by atoms with Gasteiger partial charge in [-0.1, -0.05) is 91.0 Å². The molecule has 4 heteroatoms. The van der Waals surface area contributed by atoms with Gasteiger partial charge in [-0.15, -0.1) is 0 Å². The SMILES string of the molecule is COc1ccccc1.c1ccc2c(c1)c1ccccc1n2-c1ccc2[nH]c3ccc(-n4c5ccccc5c5ccccc54)cc3c2c1. The topological polar surface area (TPSA) is 34.9 Å². The molecule has 10 aromatic rings. The van der Waals surface area contributed by atoms with Gasteiger partial charge in [0.25, 0.3) is 0 Å². The summed E-state index contributed by atoms with van der Waals surface area (Å²) in [6.45, 7) is 0. The predicted molar refractivity (Wildman–Crippen MR) is 197 cm³/mol. The minimum atomic E-state index is 0.910. The second-order valence-corrected chi connectivity index (χ2v) is 11.8. The molecular weight excluding hydrogens is 574 g/mol. The highest BCUT2D eigenvalue weighted by Crippen LogP contribution is 2.37. The van der Waals surface area contributed by atoms with Crippen molar-refractivity contribution in [3.63, 3.8) is 0 Å². The number of para-hydroxylation sites is 5. The standard InChI is InChI=1S/C36H23N3.C7H8O/c1-5-13-33-25(9-1)26-10-2-6-14-34(26)38(33)23-17-19-31-29(21-23)30-22-24(18-20-32(30)37-31)39-35-15-7-3-11-27(35)28-12-4-8-16-36(28)39;1-8-7-5-3-2-4-6-7/h1-22,37H;2-6H,1H3. The molecule has 4 nitrogen and oxygen atoms in total. The Balaban J connectivity index is 0.000000334. The van der Waals surface area contributed by atoms with Gasteiger partial charge in [0.1, 0.15) is 5.75 Å². The molecule has 0 unspecified atom stereocenters. The average molecular weight is 606 g/mol. The van der Waals surface area contributed by atoms with E-state index in [4.69, 9.17) is 4.74 Å². The summed E-state index contributed by atoms with van der Waals surface area (Å²) >= 11 is 0. The molecular formula is C43H31N3O. The first-order valence-corrected chi connectivity index (χ1v) is 15.9. The van der Waals surface area contributed by atoms with Crippen LogP contribution in [0.4, 0.5) is 0 Å². The van der Waals surface area contributed by atoms with Crippen LogP contribution in [0.25, 0.3) is 76.8 Å². The maximum absolute atomic E-state index is 4.91. The summed E-state index contributed by atoms with van der Waals surface area (Å²) in [6.07, 6.45) is 0. The average Bonchev–Trinajstić information content (AvgIpc) is 3.79. The van der Waals surface area contributed by atoms with E-state index in [-0.39, 0.29) is 0 Å². The number of aromatic amines is 1. The Morgan fingerprint density at radius 2 is 0.745 bits per heavy atom. The van der Waals surface area contributed by atoms with Crippen molar-refractivity contribution in [2.45, 2.75) is 0 Å². The summed E-state index contributed by atoms with van der Waals surface area (Å²) in [5, 5.41) is 7.57. The molecule has 0 fully saturated rings. The molecule has 0 atom stereocenters. The van der Waals surface area contributed by atoms with Gasteiger partial charge in [-0.3, -0.25) is 0 Å². The van der Waals surface area contributed by atoms with Crippen LogP contribution in [0.5, 0.6) is 5.75 Å². The van der Waals surface area contributed by atoms with Crippen molar-refractivity contribution in [2.24, 2.45) is 0 Å². The van der Waals surface area contributed by atoms with Gasteiger partial charge in [0.05, 0.1) is 29.2 Å². The molecule has 0 bridgehead atoms. The fourth-order valence-electron chi connectivity index (χ4n) is 7.11. The number of fused-ring (bicyclic) bond motifs is 9. The van der Waals surface area contributed by atoms with Crippen molar-refractivity contribution >= 4 is 65.4 Å². The molecule has 0 radical (unpaired) electrons. The van der Waals surface area contributed by atoms with E-state index < -0.39 is 0 Å². The smallest absolute Gasteiger partial charge is 0.118 e. The molecule has 1 N–H and O–H groups in total. The summed E-state index contributed by atoms with van der Waals surface area (Å²) < 4.78 is 9.69. The number of hydrogen-bond donors (Lipinski definition) is 1. The third-order valence-electron chi connectivity index (χ3n) is 9.22. The largest absolute Gasteiger partial charge is 0.497 e. The lowest BCUT2D eigenvalue weighted by Crippen LogP contribution is -1.94. The van der Waals surface area contributed by atoms with Crippen LogP contribution < -0.4 is 4.74 Å². The lowest BCUT2D eigenvalue weighted by atomic mass is 10.1. The molecule has 7 aromatic carbocycles. The van der Waals surface area contributed by atoms with Crippen molar-refractivity contribution in [1.29, 1.82) is 0 Å². The fourth-order valence-corrected chi connectivity index (χ4v) is 7.11. The molecule has 0 saturated heterocycles. The second kappa shape index (κ2) is 11.0. The maximum atomic E-state index is 4.91. The zero-order chi connectivity index (χ0) is 31.3. The number of hydrogen-bond acceptors (Lipinski definition) is 1. The lowest BCUT2D eigenvalue weighted by molar-refractivity contribution is 0.415. The van der Waals surface area contributed by atoms with Crippen LogP contribution in [0, 0.1) is 0 Å². The van der Waals surface area contributed by atoms with Gasteiger partial charge in [-0.2, -0.15) is 0 Å². The molecule has 0 amide bonds. The zero-order valence-electron chi connectivity index (χ0n) is 25.9. The van der Waals surface area contributed by atoms with Crippen molar-refractivity contribution < 1.29 is 4.74 Å². The summed E-state index contributed by atoms with van der Waals surface area (Å²) in [5.74, 6) is 0.910. The molecule has 3 heterocycles. The highest BCUT2D eigenvalue weighted by Gasteiger charge is 2.15. The predicted octanol–water partition coefficient (Wildman–Crippen LogP) is 11.2. The minimum absolute atomic E-state index is 0.910. The Bertz CT molecular complexity index is 2450. The first-order chi connectivity index (χ1) is 23.3. The van der Waals surface area contributed by atoms with E-state index in [2.05, 4.69) is 148 Å². The molecule has 0 saturated carbocycles. The summed E-state index contributed by atoms with van der Waals surface area (Å²) in [4.78, 5) is 3.65. The van der Waals surface area contributed by atoms with Crippen molar-refractivity contribution in [2.75, 3.05) is 7.11 Å². The first-order valence-electron chi connectivity index (χ1n) is 15.9. The Kier molecular flexibility index (Phi) is 6.32. The summed E-state index contributed by atoms with van der Waals surface area (Å²) in [6, 6.07) is 58.0. The minimum Gasteiger partial charge on any atom is -0.497 e. The van der Waals surface area contributed by atoms with E-state index in [1.807, 2.05) is 30.3 Å². The number of rotatable bonds is 3. The maximum Gasteiger partial charge on any atom is 0.118 e. The number of aromatic nitrogens is 3. The van der Waals surface area contributed by atoms with Crippen molar-refractivity contribution in [3.8, 4) is 17.1 Å². The van der Waals surface area contributed by atoms with Gasteiger partial charge in [-0.25, -0.2) is 0 Å². The third-order valence-corrected chi connectivity index (χ3v) is 9.22. The molecule has 0 spiro atoms. The van der Waals surface area contributed by atoms with E-state index in [1.54, 1.807) is 7.11 Å². The van der Waals surface area contributed by atoms with Gasteiger partial charge < -0.3 is 18.9 Å². The monoisotopic (exact) mass is 605 g/mol. The van der Waals surface area contributed by atoms with Gasteiger partial charge in [0.2, 0.25) is 0 Å². The number of nitrogens with zero attached hydrogens (tertiary/aromatic N) is 2. The Labute approximate surface area is 271 Å². The Morgan fingerprint density at radius 3 is 1.11 bits per heavy atom. The Morgan fingerprint density at radius 1 is 0.383 bits per heavy atom. The van der Waals surface area contributed by atoms with Crippen LogP contribution in [0.15, 0.2) is 164 Å². The molecule has 0 aliphatic heterocycles. The fraction of sp³-hybridized carbons (Fsp3) is 0.0233. The molecule has 0 aliphatic carbocycles. The molecule has 10 rings (SSSR count). The number of benzene rings is 7. The van der Waals surface area contributed by atoms with E-state index in [0.29, 0.717) is 0 Å². The van der Waals surface area contributed by atoms with Gasteiger partial charge in [0, 0.05) is 54.7 Å². The first kappa shape index (κ1) is 27.1. The van der Waals surface area contributed by atoms with Crippen LogP contribution in [0.3, 0.4) is 0 Å². The Hall–Kier alpha value is -6.26.